The van der Waals surface area contributed by atoms with Crippen molar-refractivity contribution in [3.63, 3.8) is 0 Å². The molecule has 1 aromatic rings. The van der Waals surface area contributed by atoms with Gasteiger partial charge in [0.1, 0.15) is 6.10 Å². The summed E-state index contributed by atoms with van der Waals surface area (Å²) in [5, 5.41) is 13.1. The van der Waals surface area contributed by atoms with Crippen LogP contribution in [-0.2, 0) is 0 Å². The molecule has 1 fully saturated rings. The number of nitrogens with one attached hydrogen (secondary N) is 1. The Hall–Kier alpha value is -0.0900. The van der Waals surface area contributed by atoms with Gasteiger partial charge in [-0.05, 0) is 25.0 Å². The molecule has 1 saturated carbocycles. The zero-order valence-corrected chi connectivity index (χ0v) is 9.44. The molecule has 0 bridgehead atoms. The van der Waals surface area contributed by atoms with E-state index >= 15 is 0 Å². The fourth-order valence-corrected chi connectivity index (χ4v) is 2.55. The molecule has 0 spiro atoms. The first-order chi connectivity index (χ1) is 6.75. The van der Waals surface area contributed by atoms with E-state index in [1.165, 1.54) is 30.6 Å². The highest BCUT2D eigenvalue weighted by molar-refractivity contribution is 7.16. The van der Waals surface area contributed by atoms with Gasteiger partial charge >= 0.3 is 0 Å². The van der Waals surface area contributed by atoms with Crippen molar-refractivity contribution in [1.82, 2.24) is 5.32 Å². The Morgan fingerprint density at radius 1 is 1.57 bits per heavy atom. The Bertz CT molecular complexity index is 298. The molecule has 4 heteroatoms. The molecule has 0 amide bonds. The Kier molecular flexibility index (Phi) is 3.44. The minimum absolute atomic E-state index is 0.409. The molecule has 0 aromatic carbocycles. The van der Waals surface area contributed by atoms with Crippen molar-refractivity contribution >= 4 is 22.9 Å². The molecule has 1 aliphatic rings. The lowest BCUT2D eigenvalue weighted by Crippen LogP contribution is -2.37. The molecule has 0 saturated heterocycles. The van der Waals surface area contributed by atoms with Crippen LogP contribution < -0.4 is 5.32 Å². The summed E-state index contributed by atoms with van der Waals surface area (Å²) in [4.78, 5) is 0.946. The number of hydrogen-bond donors (Lipinski definition) is 2. The summed E-state index contributed by atoms with van der Waals surface area (Å²) in [6, 6.07) is 4.34. The van der Waals surface area contributed by atoms with Gasteiger partial charge in [-0.25, -0.2) is 0 Å². The van der Waals surface area contributed by atoms with Gasteiger partial charge in [0.2, 0.25) is 0 Å². The van der Waals surface area contributed by atoms with Crippen molar-refractivity contribution in [2.24, 2.45) is 0 Å². The molecular formula is C10H14ClNOS. The molecule has 1 unspecified atom stereocenters. The largest absolute Gasteiger partial charge is 0.386 e. The van der Waals surface area contributed by atoms with Crippen LogP contribution in [0.4, 0.5) is 0 Å². The van der Waals surface area contributed by atoms with Gasteiger partial charge < -0.3 is 10.4 Å². The Morgan fingerprint density at radius 3 is 2.86 bits per heavy atom. The van der Waals surface area contributed by atoms with E-state index in [0.717, 1.165) is 9.21 Å². The van der Waals surface area contributed by atoms with E-state index in [1.54, 1.807) is 0 Å². The standard InChI is InChI=1S/C10H14ClNOS/c11-10-5-4-9(14-10)8(13)6-12-7-2-1-3-7/h4-5,7-8,12-13H,1-3,6H2. The van der Waals surface area contributed by atoms with Gasteiger partial charge in [0.15, 0.2) is 0 Å². The number of aliphatic hydroxyl groups is 1. The Morgan fingerprint density at radius 2 is 2.36 bits per heavy atom. The summed E-state index contributed by atoms with van der Waals surface area (Å²) in [5.74, 6) is 0. The molecule has 14 heavy (non-hydrogen) atoms. The van der Waals surface area contributed by atoms with E-state index in [1.807, 2.05) is 12.1 Å². The minimum Gasteiger partial charge on any atom is -0.386 e. The highest BCUT2D eigenvalue weighted by Gasteiger charge is 2.18. The molecule has 2 rings (SSSR count). The summed E-state index contributed by atoms with van der Waals surface area (Å²) in [6.45, 7) is 0.640. The molecule has 1 atom stereocenters. The molecule has 2 N–H and O–H groups in total. The van der Waals surface area contributed by atoms with Crippen molar-refractivity contribution in [2.45, 2.75) is 31.4 Å². The maximum Gasteiger partial charge on any atom is 0.101 e. The van der Waals surface area contributed by atoms with Crippen molar-refractivity contribution in [1.29, 1.82) is 0 Å². The van der Waals surface area contributed by atoms with Crippen LogP contribution in [0, 0.1) is 0 Å². The van der Waals surface area contributed by atoms with Crippen LogP contribution in [-0.4, -0.2) is 17.7 Å². The number of thiophene rings is 1. The lowest BCUT2D eigenvalue weighted by atomic mass is 9.93. The molecule has 1 aliphatic carbocycles. The zero-order chi connectivity index (χ0) is 9.97. The number of rotatable bonds is 4. The van der Waals surface area contributed by atoms with Gasteiger partial charge in [0.05, 0.1) is 4.34 Å². The van der Waals surface area contributed by atoms with Crippen molar-refractivity contribution in [3.8, 4) is 0 Å². The summed E-state index contributed by atoms with van der Waals surface area (Å²) < 4.78 is 0.739. The van der Waals surface area contributed by atoms with Gasteiger partial charge in [-0.15, -0.1) is 11.3 Å². The normalized spacial score (nSPS) is 19.3. The number of halogens is 1. The Labute approximate surface area is 92.9 Å². The van der Waals surface area contributed by atoms with Gasteiger partial charge in [-0.3, -0.25) is 0 Å². The maximum absolute atomic E-state index is 9.79. The second-order valence-electron chi connectivity index (χ2n) is 3.69. The van der Waals surface area contributed by atoms with E-state index in [0.29, 0.717) is 12.6 Å². The summed E-state index contributed by atoms with van der Waals surface area (Å²) in [6.07, 6.45) is 3.40. The van der Waals surface area contributed by atoms with Crippen LogP contribution in [0.15, 0.2) is 12.1 Å². The first-order valence-corrected chi connectivity index (χ1v) is 6.12. The average Bonchev–Trinajstić information content (AvgIpc) is 2.49. The highest BCUT2D eigenvalue weighted by atomic mass is 35.5. The van der Waals surface area contributed by atoms with Crippen LogP contribution >= 0.6 is 22.9 Å². The van der Waals surface area contributed by atoms with Crippen LogP contribution in [0.5, 0.6) is 0 Å². The third-order valence-corrected chi connectivity index (χ3v) is 3.96. The minimum atomic E-state index is -0.409. The van der Waals surface area contributed by atoms with Gasteiger partial charge in [-0.2, -0.15) is 0 Å². The maximum atomic E-state index is 9.79. The second-order valence-corrected chi connectivity index (χ2v) is 5.44. The molecule has 2 nitrogen and oxygen atoms in total. The third kappa shape index (κ3) is 2.48. The molecule has 0 radical (unpaired) electrons. The molecular weight excluding hydrogens is 218 g/mol. The van der Waals surface area contributed by atoms with Gasteiger partial charge in [-0.1, -0.05) is 18.0 Å². The Balaban J connectivity index is 1.79. The lowest BCUT2D eigenvalue weighted by Gasteiger charge is -2.27. The van der Waals surface area contributed by atoms with Crippen LogP contribution in [0.2, 0.25) is 4.34 Å². The third-order valence-electron chi connectivity index (χ3n) is 2.63. The first-order valence-electron chi connectivity index (χ1n) is 4.92. The van der Waals surface area contributed by atoms with E-state index < -0.39 is 6.10 Å². The van der Waals surface area contributed by atoms with E-state index in [4.69, 9.17) is 11.6 Å². The first kappa shape index (κ1) is 10.4. The van der Waals surface area contributed by atoms with Crippen molar-refractivity contribution in [3.05, 3.63) is 21.3 Å². The highest BCUT2D eigenvalue weighted by Crippen LogP contribution is 2.27. The number of hydrogen-bond acceptors (Lipinski definition) is 3. The summed E-state index contributed by atoms with van der Waals surface area (Å²) in [7, 11) is 0. The van der Waals surface area contributed by atoms with E-state index in [9.17, 15) is 5.11 Å². The predicted molar refractivity (Wildman–Crippen MR) is 59.9 cm³/mol. The summed E-state index contributed by atoms with van der Waals surface area (Å²) >= 11 is 7.24. The topological polar surface area (TPSA) is 32.3 Å². The molecule has 1 aromatic heterocycles. The SMILES string of the molecule is OC(CNC1CCC1)c1ccc(Cl)s1. The smallest absolute Gasteiger partial charge is 0.101 e. The fraction of sp³-hybridized carbons (Fsp3) is 0.600. The fourth-order valence-electron chi connectivity index (χ4n) is 1.50. The van der Waals surface area contributed by atoms with Crippen LogP contribution in [0.3, 0.4) is 0 Å². The zero-order valence-electron chi connectivity index (χ0n) is 7.87. The monoisotopic (exact) mass is 231 g/mol. The summed E-state index contributed by atoms with van der Waals surface area (Å²) in [5.41, 5.74) is 0. The lowest BCUT2D eigenvalue weighted by molar-refractivity contribution is 0.164. The van der Waals surface area contributed by atoms with Crippen LogP contribution in [0.1, 0.15) is 30.2 Å². The van der Waals surface area contributed by atoms with E-state index in [2.05, 4.69) is 5.32 Å². The van der Waals surface area contributed by atoms with Crippen LogP contribution in [0.25, 0.3) is 0 Å². The molecule has 0 aliphatic heterocycles. The van der Waals surface area contributed by atoms with Gasteiger partial charge in [0.25, 0.3) is 0 Å². The average molecular weight is 232 g/mol. The molecule has 78 valence electrons. The quantitative estimate of drug-likeness (QED) is 0.835. The van der Waals surface area contributed by atoms with Crippen molar-refractivity contribution < 1.29 is 5.11 Å². The predicted octanol–water partition coefficient (Wildman–Crippen LogP) is 2.58. The van der Waals surface area contributed by atoms with Crippen molar-refractivity contribution in [2.75, 3.05) is 6.54 Å². The number of aliphatic hydroxyl groups excluding tert-OH is 1. The van der Waals surface area contributed by atoms with Gasteiger partial charge in [0, 0.05) is 17.5 Å². The second kappa shape index (κ2) is 4.62. The molecule has 1 heterocycles. The van der Waals surface area contributed by atoms with E-state index in [-0.39, 0.29) is 0 Å².